The van der Waals surface area contributed by atoms with E-state index in [9.17, 15) is 13.6 Å². The van der Waals surface area contributed by atoms with Crippen LogP contribution >= 0.6 is 11.8 Å². The minimum Gasteiger partial charge on any atom is -0.352 e. The highest BCUT2D eigenvalue weighted by Gasteiger charge is 2.16. The Morgan fingerprint density at radius 2 is 2.04 bits per heavy atom. The maximum Gasteiger partial charge on any atom is 0.290 e. The monoisotopic (exact) mass is 343 g/mol. The molecule has 2 rings (SSSR count). The van der Waals surface area contributed by atoms with Gasteiger partial charge in [0.05, 0.1) is 5.56 Å². The summed E-state index contributed by atoms with van der Waals surface area (Å²) in [4.78, 5) is 18.4. The van der Waals surface area contributed by atoms with Gasteiger partial charge in [0.25, 0.3) is 11.7 Å². The van der Waals surface area contributed by atoms with Gasteiger partial charge in [0.15, 0.2) is 0 Å². The van der Waals surface area contributed by atoms with E-state index in [0.29, 0.717) is 18.3 Å². The SMILES string of the molecule is O=C(NCCCN1CCCCCC1)c1cccnc1SC(F)F. The Bertz CT molecular complexity index is 494. The number of thioether (sulfide) groups is 1. The first-order chi connectivity index (χ1) is 11.2. The van der Waals surface area contributed by atoms with Crippen LogP contribution in [0, 0.1) is 0 Å². The number of amides is 1. The van der Waals surface area contributed by atoms with Crippen LogP contribution in [0.2, 0.25) is 0 Å². The van der Waals surface area contributed by atoms with Crippen molar-refractivity contribution in [3.63, 3.8) is 0 Å². The maximum atomic E-state index is 12.5. The lowest BCUT2D eigenvalue weighted by molar-refractivity contribution is 0.0948. The normalized spacial score (nSPS) is 16.3. The number of rotatable bonds is 7. The lowest BCUT2D eigenvalue weighted by atomic mass is 10.2. The first kappa shape index (κ1) is 18.1. The molecule has 0 bridgehead atoms. The van der Waals surface area contributed by atoms with Crippen molar-refractivity contribution in [1.29, 1.82) is 0 Å². The van der Waals surface area contributed by atoms with Gasteiger partial charge in [0, 0.05) is 12.7 Å². The highest BCUT2D eigenvalue weighted by Crippen LogP contribution is 2.26. The second-order valence-electron chi connectivity index (χ2n) is 5.60. The van der Waals surface area contributed by atoms with Gasteiger partial charge in [-0.1, -0.05) is 12.8 Å². The molecular weight excluding hydrogens is 320 g/mol. The summed E-state index contributed by atoms with van der Waals surface area (Å²) >= 11 is 0.304. The number of likely N-dealkylation sites (tertiary alicyclic amines) is 1. The molecule has 1 aromatic heterocycles. The summed E-state index contributed by atoms with van der Waals surface area (Å²) in [7, 11) is 0. The van der Waals surface area contributed by atoms with E-state index in [1.54, 1.807) is 6.07 Å². The summed E-state index contributed by atoms with van der Waals surface area (Å²) < 4.78 is 25.0. The largest absolute Gasteiger partial charge is 0.352 e. The number of halogens is 2. The Morgan fingerprint density at radius 3 is 2.74 bits per heavy atom. The second kappa shape index (κ2) is 9.82. The van der Waals surface area contributed by atoms with Gasteiger partial charge in [-0.3, -0.25) is 4.79 Å². The van der Waals surface area contributed by atoms with Crippen molar-refractivity contribution in [2.24, 2.45) is 0 Å². The smallest absolute Gasteiger partial charge is 0.290 e. The minimum atomic E-state index is -2.58. The van der Waals surface area contributed by atoms with Crippen molar-refractivity contribution < 1.29 is 13.6 Å². The molecule has 0 unspecified atom stereocenters. The number of hydrogen-bond donors (Lipinski definition) is 1. The molecule has 1 aliphatic heterocycles. The summed E-state index contributed by atoms with van der Waals surface area (Å²) in [5, 5.41) is 2.88. The molecule has 128 valence electrons. The molecule has 0 saturated carbocycles. The number of alkyl halides is 2. The fourth-order valence-electron chi connectivity index (χ4n) is 2.70. The third-order valence-corrected chi connectivity index (χ3v) is 4.58. The van der Waals surface area contributed by atoms with E-state index in [1.165, 1.54) is 37.9 Å². The van der Waals surface area contributed by atoms with E-state index in [2.05, 4.69) is 15.2 Å². The van der Waals surface area contributed by atoms with E-state index < -0.39 is 5.76 Å². The van der Waals surface area contributed by atoms with E-state index in [-0.39, 0.29) is 16.5 Å². The van der Waals surface area contributed by atoms with Crippen LogP contribution in [-0.2, 0) is 0 Å². The summed E-state index contributed by atoms with van der Waals surface area (Å²) in [5.41, 5.74) is 0.215. The molecule has 1 amide bonds. The van der Waals surface area contributed by atoms with Gasteiger partial charge in [-0.05, 0) is 62.8 Å². The summed E-state index contributed by atoms with van der Waals surface area (Å²) in [6, 6.07) is 3.11. The molecule has 1 fully saturated rings. The summed E-state index contributed by atoms with van der Waals surface area (Å²) in [6.07, 6.45) is 7.38. The molecule has 1 N–H and O–H groups in total. The van der Waals surface area contributed by atoms with Crippen LogP contribution in [0.4, 0.5) is 8.78 Å². The topological polar surface area (TPSA) is 45.2 Å². The number of pyridine rings is 1. The van der Waals surface area contributed by atoms with Crippen LogP contribution in [0.15, 0.2) is 23.4 Å². The molecule has 1 saturated heterocycles. The number of nitrogens with zero attached hydrogens (tertiary/aromatic N) is 2. The number of carbonyl (C=O) groups is 1. The lowest BCUT2D eigenvalue weighted by Crippen LogP contribution is -2.31. The Kier molecular flexibility index (Phi) is 7.74. The molecule has 4 nitrogen and oxygen atoms in total. The molecule has 1 aliphatic rings. The number of nitrogens with one attached hydrogen (secondary N) is 1. The first-order valence-electron chi connectivity index (χ1n) is 8.07. The third kappa shape index (κ3) is 6.43. The van der Waals surface area contributed by atoms with Crippen molar-refractivity contribution in [3.05, 3.63) is 23.9 Å². The second-order valence-corrected chi connectivity index (χ2v) is 6.58. The van der Waals surface area contributed by atoms with Gasteiger partial charge in [-0.15, -0.1) is 0 Å². The lowest BCUT2D eigenvalue weighted by Gasteiger charge is -2.19. The van der Waals surface area contributed by atoms with E-state index >= 15 is 0 Å². The molecule has 0 aromatic carbocycles. The van der Waals surface area contributed by atoms with Gasteiger partial charge in [0.2, 0.25) is 0 Å². The summed E-state index contributed by atoms with van der Waals surface area (Å²) in [5.74, 6) is -2.92. The fraction of sp³-hybridized carbons (Fsp3) is 0.625. The molecule has 1 aromatic rings. The highest BCUT2D eigenvalue weighted by molar-refractivity contribution is 7.99. The molecule has 2 heterocycles. The third-order valence-electron chi connectivity index (χ3n) is 3.85. The van der Waals surface area contributed by atoms with Gasteiger partial charge in [-0.25, -0.2) is 4.98 Å². The quantitative estimate of drug-likeness (QED) is 0.609. The van der Waals surface area contributed by atoms with Crippen LogP contribution < -0.4 is 5.32 Å². The van der Waals surface area contributed by atoms with Crippen molar-refractivity contribution in [3.8, 4) is 0 Å². The molecule has 0 radical (unpaired) electrons. The molecule has 7 heteroatoms. The van der Waals surface area contributed by atoms with Gasteiger partial charge >= 0.3 is 0 Å². The standard InChI is InChI=1S/C16H23F2N3OS/c17-16(18)23-15-13(7-5-8-20-15)14(22)19-9-6-12-21-10-3-1-2-4-11-21/h5,7-8,16H,1-4,6,9-12H2,(H,19,22). The number of carbonyl (C=O) groups excluding carboxylic acids is 1. The van der Waals surface area contributed by atoms with E-state index in [4.69, 9.17) is 0 Å². The van der Waals surface area contributed by atoms with E-state index in [0.717, 1.165) is 26.1 Å². The zero-order valence-corrected chi connectivity index (χ0v) is 14.0. The zero-order chi connectivity index (χ0) is 16.5. The summed E-state index contributed by atoms with van der Waals surface area (Å²) in [6.45, 7) is 3.77. The predicted octanol–water partition coefficient (Wildman–Crippen LogP) is 3.39. The molecule has 0 aliphatic carbocycles. The van der Waals surface area contributed by atoms with Crippen LogP contribution in [0.1, 0.15) is 42.5 Å². The van der Waals surface area contributed by atoms with Crippen molar-refractivity contribution in [2.75, 3.05) is 26.2 Å². The molecule has 0 spiro atoms. The fourth-order valence-corrected chi connectivity index (χ4v) is 3.28. The molecule has 0 atom stereocenters. The number of hydrogen-bond acceptors (Lipinski definition) is 4. The highest BCUT2D eigenvalue weighted by atomic mass is 32.2. The Hall–Kier alpha value is -1.21. The molecule has 23 heavy (non-hydrogen) atoms. The van der Waals surface area contributed by atoms with Crippen LogP contribution in [0.3, 0.4) is 0 Å². The maximum absolute atomic E-state index is 12.5. The Balaban J connectivity index is 1.76. The average molecular weight is 343 g/mol. The minimum absolute atomic E-state index is 0.0764. The van der Waals surface area contributed by atoms with Crippen LogP contribution in [0.25, 0.3) is 0 Å². The van der Waals surface area contributed by atoms with Crippen molar-refractivity contribution in [1.82, 2.24) is 15.2 Å². The van der Waals surface area contributed by atoms with Crippen LogP contribution in [-0.4, -0.2) is 47.7 Å². The Labute approximate surface area is 140 Å². The predicted molar refractivity (Wildman–Crippen MR) is 88.0 cm³/mol. The van der Waals surface area contributed by atoms with Crippen molar-refractivity contribution >= 4 is 17.7 Å². The average Bonchev–Trinajstić information content (AvgIpc) is 2.80. The van der Waals surface area contributed by atoms with Gasteiger partial charge < -0.3 is 10.2 Å². The zero-order valence-electron chi connectivity index (χ0n) is 13.1. The van der Waals surface area contributed by atoms with Gasteiger partial charge in [-0.2, -0.15) is 8.78 Å². The Morgan fingerprint density at radius 1 is 1.30 bits per heavy atom. The van der Waals surface area contributed by atoms with Gasteiger partial charge in [0.1, 0.15) is 5.03 Å². The first-order valence-corrected chi connectivity index (χ1v) is 8.95. The molecular formula is C16H23F2N3OS. The van der Waals surface area contributed by atoms with Crippen molar-refractivity contribution in [2.45, 2.75) is 42.9 Å². The van der Waals surface area contributed by atoms with Crippen LogP contribution in [0.5, 0.6) is 0 Å². The number of aromatic nitrogens is 1. The van der Waals surface area contributed by atoms with E-state index in [1.807, 2.05) is 0 Å².